The van der Waals surface area contributed by atoms with E-state index in [0.29, 0.717) is 5.82 Å². The van der Waals surface area contributed by atoms with Crippen LogP contribution in [0.25, 0.3) is 0 Å². The zero-order valence-corrected chi connectivity index (χ0v) is 10.5. The number of benzene rings is 1. The Labute approximate surface area is 111 Å². The molecule has 1 aromatic heterocycles. The van der Waals surface area contributed by atoms with Crippen molar-refractivity contribution in [2.75, 3.05) is 5.32 Å². The van der Waals surface area contributed by atoms with Crippen molar-refractivity contribution < 1.29 is 4.79 Å². The van der Waals surface area contributed by atoms with E-state index in [4.69, 9.17) is 0 Å². The zero-order chi connectivity index (χ0) is 13.1. The molecule has 0 aliphatic carbocycles. The Morgan fingerprint density at radius 1 is 1.16 bits per heavy atom. The SMILES string of the molecule is O=C(Nc1ccccn1)[C@@H]1Cc2ccccc2CN1. The van der Waals surface area contributed by atoms with Gasteiger partial charge in [-0.05, 0) is 29.7 Å². The van der Waals surface area contributed by atoms with E-state index in [0.717, 1.165) is 13.0 Å². The minimum absolute atomic E-state index is 0.0341. The highest BCUT2D eigenvalue weighted by Crippen LogP contribution is 2.17. The lowest BCUT2D eigenvalue weighted by atomic mass is 9.95. The Morgan fingerprint density at radius 3 is 2.74 bits per heavy atom. The zero-order valence-electron chi connectivity index (χ0n) is 10.5. The summed E-state index contributed by atoms with van der Waals surface area (Å²) in [4.78, 5) is 16.3. The fourth-order valence-electron chi connectivity index (χ4n) is 2.29. The number of carbonyl (C=O) groups excluding carboxylic acids is 1. The topological polar surface area (TPSA) is 54.0 Å². The molecule has 96 valence electrons. The third-order valence-corrected chi connectivity index (χ3v) is 3.31. The molecule has 1 aromatic carbocycles. The molecule has 2 aromatic rings. The predicted octanol–water partition coefficient (Wildman–Crippen LogP) is 1.73. The number of rotatable bonds is 2. The van der Waals surface area contributed by atoms with Gasteiger partial charge in [0.05, 0.1) is 6.04 Å². The molecular weight excluding hydrogens is 238 g/mol. The Hall–Kier alpha value is -2.20. The molecule has 0 spiro atoms. The van der Waals surface area contributed by atoms with E-state index in [1.807, 2.05) is 24.3 Å². The van der Waals surface area contributed by atoms with Crippen LogP contribution in [0.1, 0.15) is 11.1 Å². The first-order valence-electron chi connectivity index (χ1n) is 6.35. The van der Waals surface area contributed by atoms with E-state index in [1.54, 1.807) is 12.3 Å². The maximum Gasteiger partial charge on any atom is 0.243 e. The summed E-state index contributed by atoms with van der Waals surface area (Å²) in [6.07, 6.45) is 2.38. The molecule has 0 unspecified atom stereocenters. The quantitative estimate of drug-likeness (QED) is 0.857. The summed E-state index contributed by atoms with van der Waals surface area (Å²) in [6, 6.07) is 13.5. The summed E-state index contributed by atoms with van der Waals surface area (Å²) in [5, 5.41) is 6.09. The molecule has 2 N–H and O–H groups in total. The van der Waals surface area contributed by atoms with Crippen LogP contribution in [0.5, 0.6) is 0 Å². The number of nitrogens with zero attached hydrogens (tertiary/aromatic N) is 1. The number of nitrogens with one attached hydrogen (secondary N) is 2. The summed E-state index contributed by atoms with van der Waals surface area (Å²) in [6.45, 7) is 0.733. The van der Waals surface area contributed by atoms with Crippen LogP contribution >= 0.6 is 0 Å². The lowest BCUT2D eigenvalue weighted by Gasteiger charge is -2.25. The van der Waals surface area contributed by atoms with Gasteiger partial charge in [-0.1, -0.05) is 30.3 Å². The van der Waals surface area contributed by atoms with Gasteiger partial charge in [0.15, 0.2) is 0 Å². The van der Waals surface area contributed by atoms with Crippen LogP contribution in [0.2, 0.25) is 0 Å². The van der Waals surface area contributed by atoms with Gasteiger partial charge in [-0.2, -0.15) is 0 Å². The largest absolute Gasteiger partial charge is 0.309 e. The Balaban J connectivity index is 1.70. The normalized spacial score (nSPS) is 17.6. The highest BCUT2D eigenvalue weighted by molar-refractivity contribution is 5.94. The molecule has 0 saturated heterocycles. The van der Waals surface area contributed by atoms with Crippen molar-refractivity contribution >= 4 is 11.7 Å². The molecule has 2 heterocycles. The van der Waals surface area contributed by atoms with Crippen LogP contribution in [0.15, 0.2) is 48.7 Å². The van der Waals surface area contributed by atoms with Crippen LogP contribution in [-0.4, -0.2) is 16.9 Å². The van der Waals surface area contributed by atoms with Crippen LogP contribution in [0.4, 0.5) is 5.82 Å². The maximum absolute atomic E-state index is 12.2. The van der Waals surface area contributed by atoms with Gasteiger partial charge < -0.3 is 10.6 Å². The Kier molecular flexibility index (Phi) is 3.25. The summed E-state index contributed by atoms with van der Waals surface area (Å²) < 4.78 is 0. The van der Waals surface area contributed by atoms with Gasteiger partial charge in [-0.3, -0.25) is 4.79 Å². The molecule has 0 bridgehead atoms. The number of pyridine rings is 1. The minimum atomic E-state index is -0.197. The molecule has 4 heteroatoms. The summed E-state index contributed by atoms with van der Waals surface area (Å²) in [7, 11) is 0. The van der Waals surface area contributed by atoms with E-state index < -0.39 is 0 Å². The fourth-order valence-corrected chi connectivity index (χ4v) is 2.29. The summed E-state index contributed by atoms with van der Waals surface area (Å²) in [5.41, 5.74) is 2.51. The van der Waals surface area contributed by atoms with Gasteiger partial charge >= 0.3 is 0 Å². The molecule has 0 fully saturated rings. The first-order valence-corrected chi connectivity index (χ1v) is 6.35. The summed E-state index contributed by atoms with van der Waals surface area (Å²) in [5.74, 6) is 0.557. The Bertz CT molecular complexity index is 583. The number of anilines is 1. The second-order valence-corrected chi connectivity index (χ2v) is 4.61. The van der Waals surface area contributed by atoms with E-state index in [-0.39, 0.29) is 11.9 Å². The average molecular weight is 253 g/mol. The van der Waals surface area contributed by atoms with Gasteiger partial charge in [-0.15, -0.1) is 0 Å². The molecule has 0 radical (unpaired) electrons. The van der Waals surface area contributed by atoms with Gasteiger partial charge in [0, 0.05) is 12.7 Å². The number of carbonyl (C=O) groups is 1. The van der Waals surface area contributed by atoms with Crippen molar-refractivity contribution in [3.63, 3.8) is 0 Å². The van der Waals surface area contributed by atoms with Gasteiger partial charge in [0.2, 0.25) is 5.91 Å². The van der Waals surface area contributed by atoms with Crippen molar-refractivity contribution in [1.82, 2.24) is 10.3 Å². The first-order chi connectivity index (χ1) is 9.33. The van der Waals surface area contributed by atoms with E-state index >= 15 is 0 Å². The number of hydrogen-bond acceptors (Lipinski definition) is 3. The molecular formula is C15H15N3O. The molecule has 4 nitrogen and oxygen atoms in total. The minimum Gasteiger partial charge on any atom is -0.309 e. The molecule has 3 rings (SSSR count). The molecule has 0 saturated carbocycles. The maximum atomic E-state index is 12.2. The lowest BCUT2D eigenvalue weighted by Crippen LogP contribution is -2.44. The monoisotopic (exact) mass is 253 g/mol. The molecule has 19 heavy (non-hydrogen) atoms. The van der Waals surface area contributed by atoms with Crippen LogP contribution in [0.3, 0.4) is 0 Å². The van der Waals surface area contributed by atoms with Crippen molar-refractivity contribution in [3.8, 4) is 0 Å². The van der Waals surface area contributed by atoms with E-state index in [2.05, 4.69) is 27.8 Å². The van der Waals surface area contributed by atoms with Crippen molar-refractivity contribution in [2.45, 2.75) is 19.0 Å². The third-order valence-electron chi connectivity index (χ3n) is 3.31. The average Bonchev–Trinajstić information content (AvgIpc) is 2.48. The predicted molar refractivity (Wildman–Crippen MR) is 73.6 cm³/mol. The number of aromatic nitrogens is 1. The molecule has 1 atom stereocenters. The van der Waals surface area contributed by atoms with Crippen molar-refractivity contribution in [1.29, 1.82) is 0 Å². The highest BCUT2D eigenvalue weighted by atomic mass is 16.2. The number of fused-ring (bicyclic) bond motifs is 1. The lowest BCUT2D eigenvalue weighted by molar-refractivity contribution is -0.118. The van der Waals surface area contributed by atoms with Gasteiger partial charge in [0.1, 0.15) is 5.82 Å². The highest BCUT2D eigenvalue weighted by Gasteiger charge is 2.23. The van der Waals surface area contributed by atoms with Crippen LogP contribution in [0, 0.1) is 0 Å². The van der Waals surface area contributed by atoms with Gasteiger partial charge in [-0.25, -0.2) is 4.98 Å². The van der Waals surface area contributed by atoms with Crippen molar-refractivity contribution in [2.24, 2.45) is 0 Å². The van der Waals surface area contributed by atoms with Crippen molar-refractivity contribution in [3.05, 3.63) is 59.8 Å². The fraction of sp³-hybridized carbons (Fsp3) is 0.200. The standard InChI is InChI=1S/C15H15N3O/c19-15(18-14-7-3-4-8-16-14)13-9-11-5-1-2-6-12(11)10-17-13/h1-8,13,17H,9-10H2,(H,16,18,19)/t13-/m0/s1. The summed E-state index contributed by atoms with van der Waals surface area (Å²) >= 11 is 0. The van der Waals surface area contributed by atoms with Crippen LogP contribution in [-0.2, 0) is 17.8 Å². The Morgan fingerprint density at radius 2 is 1.95 bits per heavy atom. The molecule has 1 aliphatic rings. The number of hydrogen-bond donors (Lipinski definition) is 2. The third kappa shape index (κ3) is 2.63. The van der Waals surface area contributed by atoms with E-state index in [1.165, 1.54) is 11.1 Å². The second kappa shape index (κ2) is 5.20. The smallest absolute Gasteiger partial charge is 0.243 e. The number of amides is 1. The van der Waals surface area contributed by atoms with E-state index in [9.17, 15) is 4.79 Å². The molecule has 1 amide bonds. The first kappa shape index (κ1) is 11.9. The van der Waals surface area contributed by atoms with Gasteiger partial charge in [0.25, 0.3) is 0 Å². The second-order valence-electron chi connectivity index (χ2n) is 4.61. The molecule has 1 aliphatic heterocycles. The van der Waals surface area contributed by atoms with Crippen LogP contribution < -0.4 is 10.6 Å².